The molecule has 0 aromatic rings. The molecule has 0 bridgehead atoms. The fourth-order valence-corrected chi connectivity index (χ4v) is 3.71. The van der Waals surface area contributed by atoms with Crippen molar-refractivity contribution >= 4 is 17.8 Å². The Kier molecular flexibility index (Phi) is 5.17. The SMILES string of the molecule is CCC1(C)CCC(=O)N(CC(=O)OC2(C(C)C)CCCC2)C1=O. The Hall–Kier alpha value is -1.39. The molecule has 2 amide bonds. The molecule has 0 N–H and O–H groups in total. The van der Waals surface area contributed by atoms with E-state index in [0.717, 1.165) is 30.6 Å². The smallest absolute Gasteiger partial charge is 0.326 e. The molecule has 1 saturated heterocycles. The maximum absolute atomic E-state index is 12.6. The number of esters is 1. The second-order valence-corrected chi connectivity index (χ2v) is 7.60. The van der Waals surface area contributed by atoms with E-state index in [1.807, 2.05) is 13.8 Å². The normalized spacial score (nSPS) is 27.6. The first-order chi connectivity index (χ1) is 10.7. The number of carbonyl (C=O) groups excluding carboxylic acids is 3. The third-order valence-corrected chi connectivity index (χ3v) is 5.84. The Morgan fingerprint density at radius 3 is 2.35 bits per heavy atom. The van der Waals surface area contributed by atoms with E-state index in [4.69, 9.17) is 4.74 Å². The quantitative estimate of drug-likeness (QED) is 0.576. The molecule has 0 spiro atoms. The predicted molar refractivity (Wildman–Crippen MR) is 86.5 cm³/mol. The van der Waals surface area contributed by atoms with Crippen LogP contribution in [0.2, 0.25) is 0 Å². The van der Waals surface area contributed by atoms with E-state index in [2.05, 4.69) is 13.8 Å². The lowest BCUT2D eigenvalue weighted by Crippen LogP contribution is -2.53. The highest BCUT2D eigenvalue weighted by Crippen LogP contribution is 2.40. The molecule has 0 aromatic carbocycles. The van der Waals surface area contributed by atoms with Crippen LogP contribution in [0.5, 0.6) is 0 Å². The van der Waals surface area contributed by atoms with E-state index in [9.17, 15) is 14.4 Å². The van der Waals surface area contributed by atoms with Crippen LogP contribution in [0.4, 0.5) is 0 Å². The highest BCUT2D eigenvalue weighted by Gasteiger charge is 2.45. The van der Waals surface area contributed by atoms with Gasteiger partial charge in [0.05, 0.1) is 0 Å². The van der Waals surface area contributed by atoms with Gasteiger partial charge in [-0.05, 0) is 44.4 Å². The first-order valence-electron chi connectivity index (χ1n) is 8.81. The van der Waals surface area contributed by atoms with Gasteiger partial charge in [-0.1, -0.05) is 27.7 Å². The largest absolute Gasteiger partial charge is 0.457 e. The van der Waals surface area contributed by atoms with E-state index < -0.39 is 17.0 Å². The van der Waals surface area contributed by atoms with Crippen molar-refractivity contribution in [2.75, 3.05) is 6.54 Å². The molecular weight excluding hydrogens is 294 g/mol. The number of piperidine rings is 1. The van der Waals surface area contributed by atoms with Crippen LogP contribution in [-0.4, -0.2) is 34.8 Å². The van der Waals surface area contributed by atoms with Crippen LogP contribution in [0.15, 0.2) is 0 Å². The number of amides is 2. The maximum Gasteiger partial charge on any atom is 0.326 e. The van der Waals surface area contributed by atoms with Crippen LogP contribution in [0, 0.1) is 11.3 Å². The standard InChI is InChI=1S/C18H29NO4/c1-5-17(4)11-8-14(20)19(16(17)22)12-15(21)23-18(13(2)3)9-6-7-10-18/h13H,5-12H2,1-4H3. The topological polar surface area (TPSA) is 63.7 Å². The summed E-state index contributed by atoms with van der Waals surface area (Å²) in [6.45, 7) is 7.68. The van der Waals surface area contributed by atoms with Gasteiger partial charge in [0.2, 0.25) is 11.8 Å². The van der Waals surface area contributed by atoms with Crippen molar-refractivity contribution in [2.45, 2.75) is 78.2 Å². The minimum Gasteiger partial charge on any atom is -0.457 e. The number of ether oxygens (including phenoxy) is 1. The van der Waals surface area contributed by atoms with Crippen LogP contribution in [0.25, 0.3) is 0 Å². The zero-order valence-corrected chi connectivity index (χ0v) is 14.8. The fraction of sp³-hybridized carbons (Fsp3) is 0.833. The second-order valence-electron chi connectivity index (χ2n) is 7.60. The zero-order valence-electron chi connectivity index (χ0n) is 14.8. The van der Waals surface area contributed by atoms with Crippen LogP contribution in [-0.2, 0) is 19.1 Å². The first kappa shape index (κ1) is 18.0. The number of hydrogen-bond acceptors (Lipinski definition) is 4. The average molecular weight is 323 g/mol. The molecule has 1 aliphatic heterocycles. The zero-order chi connectivity index (χ0) is 17.3. The summed E-state index contributed by atoms with van der Waals surface area (Å²) in [7, 11) is 0. The van der Waals surface area contributed by atoms with Crippen LogP contribution < -0.4 is 0 Å². The highest BCUT2D eigenvalue weighted by molar-refractivity contribution is 6.02. The summed E-state index contributed by atoms with van der Waals surface area (Å²) in [6.07, 6.45) is 5.39. The van der Waals surface area contributed by atoms with E-state index in [1.54, 1.807) is 0 Å². The molecule has 1 atom stereocenters. The molecular formula is C18H29NO4. The minimum atomic E-state index is -0.544. The third kappa shape index (κ3) is 3.43. The first-order valence-corrected chi connectivity index (χ1v) is 8.81. The molecule has 0 radical (unpaired) electrons. The lowest BCUT2D eigenvalue weighted by atomic mass is 9.78. The van der Waals surface area contributed by atoms with Crippen molar-refractivity contribution in [3.05, 3.63) is 0 Å². The number of carbonyl (C=O) groups is 3. The molecule has 0 aromatic heterocycles. The molecule has 2 rings (SSSR count). The predicted octanol–water partition coefficient (Wildman–Crippen LogP) is 3.06. The van der Waals surface area contributed by atoms with Gasteiger partial charge in [0.1, 0.15) is 12.1 Å². The number of imide groups is 1. The summed E-state index contributed by atoms with van der Waals surface area (Å²) >= 11 is 0. The molecule has 1 saturated carbocycles. The van der Waals surface area contributed by atoms with Gasteiger partial charge in [-0.2, -0.15) is 0 Å². The minimum absolute atomic E-state index is 0.238. The van der Waals surface area contributed by atoms with Crippen molar-refractivity contribution in [1.82, 2.24) is 4.90 Å². The Morgan fingerprint density at radius 1 is 1.22 bits per heavy atom. The van der Waals surface area contributed by atoms with Gasteiger partial charge in [-0.15, -0.1) is 0 Å². The van der Waals surface area contributed by atoms with Crippen LogP contribution in [0.3, 0.4) is 0 Å². The fourth-order valence-electron chi connectivity index (χ4n) is 3.71. The Morgan fingerprint density at radius 2 is 1.83 bits per heavy atom. The molecule has 5 nitrogen and oxygen atoms in total. The summed E-state index contributed by atoms with van der Waals surface area (Å²) in [5.41, 5.74) is -0.968. The maximum atomic E-state index is 12.6. The van der Waals surface area contributed by atoms with Gasteiger partial charge in [-0.3, -0.25) is 19.3 Å². The van der Waals surface area contributed by atoms with Gasteiger partial charge in [-0.25, -0.2) is 0 Å². The summed E-state index contributed by atoms with van der Waals surface area (Å²) in [4.78, 5) is 38.2. The average Bonchev–Trinajstić information content (AvgIpc) is 2.97. The van der Waals surface area contributed by atoms with Crippen molar-refractivity contribution in [3.8, 4) is 0 Å². The monoisotopic (exact) mass is 323 g/mol. The van der Waals surface area contributed by atoms with E-state index in [1.165, 1.54) is 0 Å². The molecule has 1 aliphatic carbocycles. The van der Waals surface area contributed by atoms with Gasteiger partial charge in [0.25, 0.3) is 0 Å². The molecule has 2 aliphatic rings. The lowest BCUT2D eigenvalue weighted by Gasteiger charge is -2.38. The Labute approximate surface area is 138 Å². The van der Waals surface area contributed by atoms with Crippen LogP contribution >= 0.6 is 0 Å². The Bertz CT molecular complexity index is 493. The highest BCUT2D eigenvalue weighted by atomic mass is 16.6. The van der Waals surface area contributed by atoms with Gasteiger partial charge >= 0.3 is 5.97 Å². The van der Waals surface area contributed by atoms with Crippen LogP contribution in [0.1, 0.15) is 72.6 Å². The summed E-state index contributed by atoms with van der Waals surface area (Å²) < 4.78 is 5.78. The number of hydrogen-bond donors (Lipinski definition) is 0. The van der Waals surface area contributed by atoms with Gasteiger partial charge in [0.15, 0.2) is 0 Å². The molecule has 1 unspecified atom stereocenters. The van der Waals surface area contributed by atoms with Crippen molar-refractivity contribution < 1.29 is 19.1 Å². The Balaban J connectivity index is 2.06. The van der Waals surface area contributed by atoms with Gasteiger partial charge < -0.3 is 4.74 Å². The second kappa shape index (κ2) is 6.62. The van der Waals surface area contributed by atoms with E-state index in [0.29, 0.717) is 19.3 Å². The number of nitrogens with zero attached hydrogens (tertiary/aromatic N) is 1. The summed E-state index contributed by atoms with van der Waals surface area (Å²) in [6, 6.07) is 0. The van der Waals surface area contributed by atoms with Crippen molar-refractivity contribution in [1.29, 1.82) is 0 Å². The third-order valence-electron chi connectivity index (χ3n) is 5.84. The lowest BCUT2D eigenvalue weighted by molar-refractivity contribution is -0.173. The van der Waals surface area contributed by atoms with E-state index in [-0.39, 0.29) is 24.3 Å². The summed E-state index contributed by atoms with van der Waals surface area (Å²) in [5, 5.41) is 0. The van der Waals surface area contributed by atoms with Crippen molar-refractivity contribution in [2.24, 2.45) is 11.3 Å². The molecule has 130 valence electrons. The number of likely N-dealkylation sites (tertiary alicyclic amines) is 1. The van der Waals surface area contributed by atoms with Crippen molar-refractivity contribution in [3.63, 3.8) is 0 Å². The molecule has 5 heteroatoms. The molecule has 2 fully saturated rings. The number of rotatable bonds is 5. The van der Waals surface area contributed by atoms with Gasteiger partial charge in [0, 0.05) is 11.8 Å². The summed E-state index contributed by atoms with van der Waals surface area (Å²) in [5.74, 6) is -0.716. The van der Waals surface area contributed by atoms with E-state index >= 15 is 0 Å². The molecule has 23 heavy (non-hydrogen) atoms. The molecule has 1 heterocycles.